The van der Waals surface area contributed by atoms with Crippen LogP contribution in [0, 0.1) is 0 Å². The third-order valence-corrected chi connectivity index (χ3v) is 5.12. The molecule has 202 valence electrons. The number of esters is 3. The minimum Gasteiger partial charge on any atom is -0.490 e. The Hall–Kier alpha value is -4.89. The zero-order valence-corrected chi connectivity index (χ0v) is 21.1. The topological polar surface area (TPSA) is 118 Å². The fraction of sp³-hybridized carbons (Fsp3) is 0.167. The average molecular weight is 533 g/mol. The van der Waals surface area contributed by atoms with E-state index in [4.69, 9.17) is 23.7 Å². The summed E-state index contributed by atoms with van der Waals surface area (Å²) in [6.45, 7) is 6.98. The third kappa shape index (κ3) is 9.83. The first-order valence-electron chi connectivity index (χ1n) is 12.0. The molecular formula is C30H28O9. The summed E-state index contributed by atoms with van der Waals surface area (Å²) in [5.41, 5.74) is 1.22. The summed E-state index contributed by atoms with van der Waals surface area (Å²) in [6, 6.07) is 19.4. The Bertz CT molecular complexity index is 1260. The van der Waals surface area contributed by atoms with Gasteiger partial charge in [-0.3, -0.25) is 4.79 Å². The molecule has 0 aliphatic heterocycles. The first-order valence-corrected chi connectivity index (χ1v) is 12.0. The van der Waals surface area contributed by atoms with Gasteiger partial charge >= 0.3 is 17.9 Å². The molecule has 9 heteroatoms. The van der Waals surface area contributed by atoms with Crippen LogP contribution in [0.4, 0.5) is 0 Å². The molecule has 9 nitrogen and oxygen atoms in total. The molecule has 3 aromatic rings. The number of aryl methyl sites for hydroxylation is 1. The van der Waals surface area contributed by atoms with Crippen LogP contribution in [0.25, 0.3) is 0 Å². The molecule has 0 aliphatic carbocycles. The normalized spacial score (nSPS) is 11.0. The zero-order valence-electron chi connectivity index (χ0n) is 21.1. The van der Waals surface area contributed by atoms with Crippen molar-refractivity contribution in [2.45, 2.75) is 19.1 Å². The third-order valence-electron chi connectivity index (χ3n) is 5.12. The second-order valence-electron chi connectivity index (χ2n) is 7.97. The van der Waals surface area contributed by atoms with Gasteiger partial charge in [0.15, 0.2) is 0 Å². The second-order valence-corrected chi connectivity index (χ2v) is 7.97. The van der Waals surface area contributed by atoms with Crippen molar-refractivity contribution < 1.29 is 43.2 Å². The molecule has 0 aromatic heterocycles. The number of aliphatic hydroxyl groups excluding tert-OH is 1. The molecule has 0 aliphatic rings. The number of aliphatic hydroxyl groups is 1. The summed E-state index contributed by atoms with van der Waals surface area (Å²) in [6.07, 6.45) is 1.88. The van der Waals surface area contributed by atoms with Crippen LogP contribution in [0.5, 0.6) is 23.0 Å². The monoisotopic (exact) mass is 532 g/mol. The van der Waals surface area contributed by atoms with E-state index in [1.807, 2.05) is 0 Å². The van der Waals surface area contributed by atoms with Gasteiger partial charge in [0.2, 0.25) is 6.29 Å². The van der Waals surface area contributed by atoms with Crippen LogP contribution in [0.1, 0.15) is 22.3 Å². The number of ether oxygens (including phenoxy) is 5. The first kappa shape index (κ1) is 28.7. The number of carbonyl (C=O) groups excluding carboxylic acids is 3. The lowest BCUT2D eigenvalue weighted by molar-refractivity contribution is -0.138. The Morgan fingerprint density at radius 1 is 0.769 bits per heavy atom. The van der Waals surface area contributed by atoms with Crippen molar-refractivity contribution in [3.63, 3.8) is 0 Å². The first-order chi connectivity index (χ1) is 18.9. The van der Waals surface area contributed by atoms with E-state index in [1.165, 1.54) is 30.3 Å². The van der Waals surface area contributed by atoms with Crippen LogP contribution in [-0.4, -0.2) is 42.5 Å². The highest BCUT2D eigenvalue weighted by Crippen LogP contribution is 2.21. The quantitative estimate of drug-likeness (QED) is 0.0803. The number of rotatable bonds is 14. The fourth-order valence-electron chi connectivity index (χ4n) is 3.14. The van der Waals surface area contributed by atoms with Crippen molar-refractivity contribution in [3.05, 3.63) is 109 Å². The molecule has 1 atom stereocenters. The van der Waals surface area contributed by atoms with Crippen molar-refractivity contribution in [1.82, 2.24) is 0 Å². The molecule has 0 radical (unpaired) electrons. The predicted octanol–water partition coefficient (Wildman–Crippen LogP) is 4.44. The number of hydrogen-bond acceptors (Lipinski definition) is 9. The molecule has 0 amide bonds. The van der Waals surface area contributed by atoms with E-state index >= 15 is 0 Å². The van der Waals surface area contributed by atoms with E-state index in [2.05, 4.69) is 13.2 Å². The van der Waals surface area contributed by atoms with E-state index in [-0.39, 0.29) is 25.4 Å². The Labute approximate surface area is 225 Å². The van der Waals surface area contributed by atoms with Gasteiger partial charge in [0.25, 0.3) is 0 Å². The van der Waals surface area contributed by atoms with Crippen LogP contribution >= 0.6 is 0 Å². The molecule has 1 unspecified atom stereocenters. The molecular weight excluding hydrogens is 504 g/mol. The van der Waals surface area contributed by atoms with Gasteiger partial charge in [-0.15, -0.1) is 0 Å². The van der Waals surface area contributed by atoms with Crippen LogP contribution < -0.4 is 18.9 Å². The molecule has 0 bridgehead atoms. The van der Waals surface area contributed by atoms with Gasteiger partial charge in [-0.2, -0.15) is 0 Å². The standard InChI is InChI=1S/C30H28O9/c1-3-27(31)36-20-19-35-23-12-8-22(9-13-23)30(34)39-26-16-14-25(15-17-26)38-29(33)18-7-21-5-10-24(11-6-21)37-28(32)4-2/h3-6,8-17,28,32H,1-2,7,18-20H2. The molecule has 0 saturated carbocycles. The van der Waals surface area contributed by atoms with Crippen molar-refractivity contribution in [2.75, 3.05) is 13.2 Å². The van der Waals surface area contributed by atoms with Gasteiger partial charge in [-0.25, -0.2) is 9.59 Å². The highest BCUT2D eigenvalue weighted by Gasteiger charge is 2.11. The SMILES string of the molecule is C=CC(=O)OCCOc1ccc(C(=O)Oc2ccc(OC(=O)CCc3ccc(OC(O)C=C)cc3)cc2)cc1. The van der Waals surface area contributed by atoms with E-state index in [0.717, 1.165) is 11.6 Å². The molecule has 0 saturated heterocycles. The second kappa shape index (κ2) is 14.7. The molecule has 0 spiro atoms. The number of carbonyl (C=O) groups is 3. The van der Waals surface area contributed by atoms with Gasteiger partial charge in [-0.1, -0.05) is 25.3 Å². The summed E-state index contributed by atoms with van der Waals surface area (Å²) in [5.74, 6) is 0.0857. The minimum atomic E-state index is -1.08. The molecule has 3 rings (SSSR count). The molecule has 0 heterocycles. The number of benzene rings is 3. The summed E-state index contributed by atoms with van der Waals surface area (Å²) >= 11 is 0. The minimum absolute atomic E-state index is 0.0761. The average Bonchev–Trinajstić information content (AvgIpc) is 2.96. The summed E-state index contributed by atoms with van der Waals surface area (Å²) in [4.78, 5) is 35.6. The van der Waals surface area contributed by atoms with Crippen LogP contribution in [-0.2, 0) is 20.7 Å². The Morgan fingerprint density at radius 3 is 1.97 bits per heavy atom. The smallest absolute Gasteiger partial charge is 0.343 e. The molecule has 39 heavy (non-hydrogen) atoms. The van der Waals surface area contributed by atoms with Crippen molar-refractivity contribution in [1.29, 1.82) is 0 Å². The summed E-state index contributed by atoms with van der Waals surface area (Å²) in [7, 11) is 0. The maximum absolute atomic E-state index is 12.4. The lowest BCUT2D eigenvalue weighted by Gasteiger charge is -2.10. The number of hydrogen-bond donors (Lipinski definition) is 1. The highest BCUT2D eigenvalue weighted by atomic mass is 16.6. The summed E-state index contributed by atoms with van der Waals surface area (Å²) < 4.78 is 26.2. The molecule has 3 aromatic carbocycles. The van der Waals surface area contributed by atoms with E-state index in [9.17, 15) is 19.5 Å². The van der Waals surface area contributed by atoms with Crippen LogP contribution in [0.3, 0.4) is 0 Å². The zero-order chi connectivity index (χ0) is 28.0. The van der Waals surface area contributed by atoms with Crippen molar-refractivity contribution in [3.8, 4) is 23.0 Å². The maximum atomic E-state index is 12.4. The van der Waals surface area contributed by atoms with Crippen molar-refractivity contribution in [2.24, 2.45) is 0 Å². The van der Waals surface area contributed by atoms with Gasteiger partial charge in [0, 0.05) is 12.5 Å². The molecule has 0 fully saturated rings. The van der Waals surface area contributed by atoms with Gasteiger partial charge in [-0.05, 0) is 78.7 Å². The van der Waals surface area contributed by atoms with Gasteiger partial charge in [0.1, 0.15) is 36.2 Å². The largest absolute Gasteiger partial charge is 0.490 e. The Morgan fingerprint density at radius 2 is 1.36 bits per heavy atom. The Kier molecular flexibility index (Phi) is 10.8. The van der Waals surface area contributed by atoms with Crippen molar-refractivity contribution >= 4 is 17.9 Å². The maximum Gasteiger partial charge on any atom is 0.343 e. The van der Waals surface area contributed by atoms with E-state index in [0.29, 0.717) is 29.2 Å². The van der Waals surface area contributed by atoms with Gasteiger partial charge < -0.3 is 28.8 Å². The fourth-order valence-corrected chi connectivity index (χ4v) is 3.14. The van der Waals surface area contributed by atoms with E-state index < -0.39 is 24.2 Å². The highest BCUT2D eigenvalue weighted by molar-refractivity contribution is 5.91. The van der Waals surface area contributed by atoms with E-state index in [1.54, 1.807) is 48.5 Å². The lowest BCUT2D eigenvalue weighted by Crippen LogP contribution is -2.11. The Balaban J connectivity index is 1.41. The van der Waals surface area contributed by atoms with Crippen LogP contribution in [0.2, 0.25) is 0 Å². The lowest BCUT2D eigenvalue weighted by atomic mass is 10.1. The predicted molar refractivity (Wildman–Crippen MR) is 142 cm³/mol. The molecule has 1 N–H and O–H groups in total. The van der Waals surface area contributed by atoms with Crippen LogP contribution in [0.15, 0.2) is 98.1 Å². The summed E-state index contributed by atoms with van der Waals surface area (Å²) in [5, 5.41) is 9.42. The van der Waals surface area contributed by atoms with Gasteiger partial charge in [0.05, 0.1) is 5.56 Å².